The fourth-order valence-electron chi connectivity index (χ4n) is 2.96. The molecule has 0 aromatic carbocycles. The van der Waals surface area contributed by atoms with Gasteiger partial charge in [-0.25, -0.2) is 0 Å². The Kier molecular flexibility index (Phi) is 1.95. The lowest BCUT2D eigenvalue weighted by atomic mass is 9.64. The van der Waals surface area contributed by atoms with Crippen molar-refractivity contribution in [3.05, 3.63) is 0 Å². The summed E-state index contributed by atoms with van der Waals surface area (Å²) in [6, 6.07) is 0.829. The van der Waals surface area contributed by atoms with E-state index in [1.807, 2.05) is 0 Å². The van der Waals surface area contributed by atoms with E-state index in [2.05, 4.69) is 26.1 Å². The number of hydrogen-bond donors (Lipinski definition) is 1. The molecule has 3 rings (SSSR count). The van der Waals surface area contributed by atoms with Gasteiger partial charge in [-0.1, -0.05) is 20.8 Å². The maximum atomic E-state index is 3.68. The molecule has 3 unspecified atom stereocenters. The molecule has 0 aromatic heterocycles. The first-order valence-electron chi connectivity index (χ1n) is 5.31. The molecule has 2 aliphatic heterocycles. The van der Waals surface area contributed by atoms with Gasteiger partial charge in [-0.15, -0.1) is 0 Å². The lowest BCUT2D eigenvalue weighted by Gasteiger charge is -2.48. The average molecular weight is 167 g/mol. The summed E-state index contributed by atoms with van der Waals surface area (Å²) in [5, 5.41) is 3.68. The van der Waals surface area contributed by atoms with Crippen molar-refractivity contribution in [1.82, 2.24) is 5.32 Å². The topological polar surface area (TPSA) is 12.0 Å². The first kappa shape index (κ1) is 8.55. The summed E-state index contributed by atoms with van der Waals surface area (Å²) in [5.41, 5.74) is 0.511. The van der Waals surface area contributed by atoms with Gasteiger partial charge in [0.1, 0.15) is 0 Å². The number of rotatable bonds is 0. The van der Waals surface area contributed by atoms with Gasteiger partial charge in [0.15, 0.2) is 0 Å². The van der Waals surface area contributed by atoms with E-state index < -0.39 is 0 Å². The second-order valence-corrected chi connectivity index (χ2v) is 5.67. The van der Waals surface area contributed by atoms with Crippen molar-refractivity contribution in [1.29, 1.82) is 0 Å². The van der Waals surface area contributed by atoms with E-state index >= 15 is 0 Å². The molecule has 0 spiro atoms. The van der Waals surface area contributed by atoms with Crippen LogP contribution in [0.2, 0.25) is 0 Å². The van der Waals surface area contributed by atoms with Crippen LogP contribution in [0, 0.1) is 17.3 Å². The van der Waals surface area contributed by atoms with Crippen molar-refractivity contribution in [2.45, 2.75) is 46.1 Å². The van der Waals surface area contributed by atoms with E-state index in [9.17, 15) is 0 Å². The lowest BCUT2D eigenvalue weighted by molar-refractivity contribution is 0.0575. The van der Waals surface area contributed by atoms with Gasteiger partial charge in [0, 0.05) is 6.04 Å². The van der Waals surface area contributed by atoms with Gasteiger partial charge in [-0.05, 0) is 43.1 Å². The molecule has 1 N–H and O–H groups in total. The average Bonchev–Trinajstić information content (AvgIpc) is 2.05. The number of hydrogen-bond acceptors (Lipinski definition) is 1. The molecule has 12 heavy (non-hydrogen) atoms. The van der Waals surface area contributed by atoms with Gasteiger partial charge in [0.05, 0.1) is 0 Å². The molecule has 3 fully saturated rings. The largest absolute Gasteiger partial charge is 0.313 e. The van der Waals surface area contributed by atoms with Crippen molar-refractivity contribution >= 4 is 0 Å². The Labute approximate surface area is 75.9 Å². The van der Waals surface area contributed by atoms with E-state index in [0.29, 0.717) is 5.41 Å². The molecule has 0 aromatic rings. The Morgan fingerprint density at radius 2 is 1.92 bits per heavy atom. The minimum absolute atomic E-state index is 0.511. The first-order chi connectivity index (χ1) is 5.57. The summed E-state index contributed by atoms with van der Waals surface area (Å²) >= 11 is 0. The van der Waals surface area contributed by atoms with E-state index in [4.69, 9.17) is 0 Å². The maximum absolute atomic E-state index is 3.68. The van der Waals surface area contributed by atoms with Gasteiger partial charge < -0.3 is 5.32 Å². The van der Waals surface area contributed by atoms with Crippen LogP contribution in [0.4, 0.5) is 0 Å². The summed E-state index contributed by atoms with van der Waals surface area (Å²) in [6.07, 6.45) is 4.37. The number of piperidine rings is 2. The maximum Gasteiger partial charge on any atom is 0.0101 e. The zero-order valence-corrected chi connectivity index (χ0v) is 8.56. The highest BCUT2D eigenvalue weighted by Gasteiger charge is 2.40. The molecule has 1 aliphatic carbocycles. The van der Waals surface area contributed by atoms with Crippen LogP contribution in [0.25, 0.3) is 0 Å². The highest BCUT2D eigenvalue weighted by Crippen LogP contribution is 2.42. The summed E-state index contributed by atoms with van der Waals surface area (Å²) < 4.78 is 0. The SMILES string of the molecule is CC(C)(C)C1CC2CCC1NC2. The third-order valence-electron chi connectivity index (χ3n) is 3.74. The van der Waals surface area contributed by atoms with Crippen molar-refractivity contribution in [3.8, 4) is 0 Å². The minimum Gasteiger partial charge on any atom is -0.313 e. The molecular weight excluding hydrogens is 146 g/mol. The van der Waals surface area contributed by atoms with Crippen LogP contribution in [0.15, 0.2) is 0 Å². The molecule has 0 amide bonds. The quantitative estimate of drug-likeness (QED) is 0.584. The van der Waals surface area contributed by atoms with Crippen LogP contribution < -0.4 is 5.32 Å². The molecular formula is C11H21N. The molecule has 2 bridgehead atoms. The fraction of sp³-hybridized carbons (Fsp3) is 1.00. The minimum atomic E-state index is 0.511. The molecule has 2 heterocycles. The molecule has 70 valence electrons. The predicted molar refractivity (Wildman–Crippen MR) is 52.1 cm³/mol. The summed E-state index contributed by atoms with van der Waals surface area (Å²) in [7, 11) is 0. The van der Waals surface area contributed by atoms with Crippen molar-refractivity contribution in [2.24, 2.45) is 17.3 Å². The summed E-state index contributed by atoms with van der Waals surface area (Å²) in [4.78, 5) is 0. The van der Waals surface area contributed by atoms with Gasteiger partial charge in [0.2, 0.25) is 0 Å². The van der Waals surface area contributed by atoms with E-state index in [1.165, 1.54) is 25.8 Å². The van der Waals surface area contributed by atoms with Crippen LogP contribution in [0.3, 0.4) is 0 Å². The first-order valence-corrected chi connectivity index (χ1v) is 5.31. The molecule has 1 saturated carbocycles. The zero-order chi connectivity index (χ0) is 8.77. The van der Waals surface area contributed by atoms with Crippen molar-refractivity contribution in [2.75, 3.05) is 6.54 Å². The van der Waals surface area contributed by atoms with Gasteiger partial charge >= 0.3 is 0 Å². The Hall–Kier alpha value is -0.0400. The highest BCUT2D eigenvalue weighted by molar-refractivity contribution is 4.95. The third-order valence-corrected chi connectivity index (χ3v) is 3.74. The fourth-order valence-corrected chi connectivity index (χ4v) is 2.96. The highest BCUT2D eigenvalue weighted by atomic mass is 15.0. The zero-order valence-electron chi connectivity index (χ0n) is 8.56. The Balaban J connectivity index is 2.09. The van der Waals surface area contributed by atoms with Crippen LogP contribution >= 0.6 is 0 Å². The second kappa shape index (κ2) is 2.73. The number of fused-ring (bicyclic) bond motifs is 3. The molecule has 1 nitrogen and oxygen atoms in total. The van der Waals surface area contributed by atoms with Crippen LogP contribution in [0.5, 0.6) is 0 Å². The van der Waals surface area contributed by atoms with Gasteiger partial charge in [-0.3, -0.25) is 0 Å². The summed E-state index contributed by atoms with van der Waals surface area (Å²) in [5.74, 6) is 1.91. The van der Waals surface area contributed by atoms with E-state index in [0.717, 1.165) is 17.9 Å². The van der Waals surface area contributed by atoms with Crippen LogP contribution in [0.1, 0.15) is 40.0 Å². The summed E-state index contributed by atoms with van der Waals surface area (Å²) in [6.45, 7) is 8.46. The van der Waals surface area contributed by atoms with Crippen LogP contribution in [-0.4, -0.2) is 12.6 Å². The molecule has 3 aliphatic rings. The number of nitrogens with one attached hydrogen (secondary N) is 1. The second-order valence-electron chi connectivity index (χ2n) is 5.67. The smallest absolute Gasteiger partial charge is 0.0101 e. The Morgan fingerprint density at radius 3 is 2.17 bits per heavy atom. The van der Waals surface area contributed by atoms with Crippen LogP contribution in [-0.2, 0) is 0 Å². The third kappa shape index (κ3) is 1.39. The lowest BCUT2D eigenvalue weighted by Crippen LogP contribution is -2.53. The molecule has 0 radical (unpaired) electrons. The molecule has 3 atom stereocenters. The van der Waals surface area contributed by atoms with E-state index in [-0.39, 0.29) is 0 Å². The monoisotopic (exact) mass is 167 g/mol. The Bertz CT molecular complexity index is 160. The Morgan fingerprint density at radius 1 is 1.17 bits per heavy atom. The molecule has 1 heteroatoms. The van der Waals surface area contributed by atoms with Crippen molar-refractivity contribution < 1.29 is 0 Å². The molecule has 2 saturated heterocycles. The van der Waals surface area contributed by atoms with Gasteiger partial charge in [0.25, 0.3) is 0 Å². The normalized spacial score (nSPS) is 41.8. The predicted octanol–water partition coefficient (Wildman–Crippen LogP) is 2.42. The standard InChI is InChI=1S/C11H21N/c1-11(2,3)9-6-8-4-5-10(9)12-7-8/h8-10,12H,4-7H2,1-3H3. The van der Waals surface area contributed by atoms with Crippen molar-refractivity contribution in [3.63, 3.8) is 0 Å². The van der Waals surface area contributed by atoms with Gasteiger partial charge in [-0.2, -0.15) is 0 Å². The van der Waals surface area contributed by atoms with E-state index in [1.54, 1.807) is 0 Å².